The molecule has 0 radical (unpaired) electrons. The maximum absolute atomic E-state index is 5.97. The number of hydrogen-bond donors (Lipinski definition) is 1. The van der Waals surface area contributed by atoms with Crippen LogP contribution in [0, 0.1) is 5.92 Å². The lowest BCUT2D eigenvalue weighted by Gasteiger charge is -2.30. The topological polar surface area (TPSA) is 47.6 Å². The average molecular weight is 264 g/mol. The van der Waals surface area contributed by atoms with E-state index in [-0.39, 0.29) is 12.0 Å². The third-order valence-electron chi connectivity index (χ3n) is 4.14. The number of aliphatic imine (C=N–C) groups is 1. The van der Waals surface area contributed by atoms with E-state index in [0.717, 1.165) is 17.7 Å². The number of benzene rings is 2. The Morgan fingerprint density at radius 2 is 1.75 bits per heavy atom. The summed E-state index contributed by atoms with van der Waals surface area (Å²) in [4.78, 5) is 4.55. The van der Waals surface area contributed by atoms with Crippen molar-refractivity contribution in [2.45, 2.75) is 18.9 Å². The molecular weight excluding hydrogens is 248 g/mol. The van der Waals surface area contributed by atoms with Crippen LogP contribution in [0.5, 0.6) is 0 Å². The van der Waals surface area contributed by atoms with Gasteiger partial charge in [-0.2, -0.15) is 0 Å². The Bertz CT molecular complexity index is 666. The summed E-state index contributed by atoms with van der Waals surface area (Å²) in [5, 5.41) is 0. The van der Waals surface area contributed by atoms with E-state index in [1.807, 2.05) is 18.2 Å². The lowest BCUT2D eigenvalue weighted by atomic mass is 9.91. The third-order valence-corrected chi connectivity index (χ3v) is 4.14. The van der Waals surface area contributed by atoms with Crippen LogP contribution in [-0.4, -0.2) is 12.1 Å². The average Bonchev–Trinajstić information content (AvgIpc) is 2.86. The number of ether oxygens (including phenoxy) is 1. The molecule has 3 unspecified atom stereocenters. The predicted molar refractivity (Wildman–Crippen MR) is 78.4 cm³/mol. The number of fused-ring (bicyclic) bond motifs is 3. The van der Waals surface area contributed by atoms with E-state index in [1.54, 1.807) is 0 Å². The largest absolute Gasteiger partial charge is 0.335 e. The van der Waals surface area contributed by atoms with Crippen LogP contribution >= 0.6 is 0 Å². The summed E-state index contributed by atoms with van der Waals surface area (Å²) < 4.78 is 5.88. The van der Waals surface area contributed by atoms with Gasteiger partial charge < -0.3 is 4.74 Å². The van der Waals surface area contributed by atoms with Crippen molar-refractivity contribution < 1.29 is 4.74 Å². The Kier molecular flexibility index (Phi) is 2.69. The molecule has 2 aromatic carbocycles. The fraction of sp³-hybridized carbons (Fsp3) is 0.235. The van der Waals surface area contributed by atoms with Gasteiger partial charge in [0.1, 0.15) is 0 Å². The van der Waals surface area contributed by atoms with E-state index in [9.17, 15) is 0 Å². The van der Waals surface area contributed by atoms with Gasteiger partial charge in [0.05, 0.1) is 11.8 Å². The van der Waals surface area contributed by atoms with Crippen LogP contribution in [0.4, 0.5) is 0 Å². The normalized spacial score (nSPS) is 27.6. The van der Waals surface area contributed by atoms with Crippen LogP contribution in [0.2, 0.25) is 0 Å². The summed E-state index contributed by atoms with van der Waals surface area (Å²) in [6, 6.07) is 18.7. The van der Waals surface area contributed by atoms with Crippen LogP contribution in [0.1, 0.15) is 22.8 Å². The molecule has 0 saturated carbocycles. The van der Waals surface area contributed by atoms with Gasteiger partial charge in [-0.15, -0.1) is 0 Å². The van der Waals surface area contributed by atoms with Gasteiger partial charge in [0, 0.05) is 5.92 Å². The van der Waals surface area contributed by atoms with Crippen molar-refractivity contribution in [3.05, 3.63) is 71.3 Å². The fourth-order valence-corrected chi connectivity index (χ4v) is 3.28. The van der Waals surface area contributed by atoms with Crippen molar-refractivity contribution in [3.63, 3.8) is 0 Å². The summed E-state index contributed by atoms with van der Waals surface area (Å²) in [7, 11) is 0. The second kappa shape index (κ2) is 4.54. The molecule has 2 aromatic rings. The molecule has 4 rings (SSSR count). The zero-order valence-electron chi connectivity index (χ0n) is 11.1. The van der Waals surface area contributed by atoms with Gasteiger partial charge in [-0.25, -0.2) is 4.99 Å². The molecule has 1 heterocycles. The van der Waals surface area contributed by atoms with Gasteiger partial charge in [0.2, 0.25) is 6.35 Å². The first-order chi connectivity index (χ1) is 9.83. The van der Waals surface area contributed by atoms with Crippen LogP contribution in [-0.2, 0) is 11.2 Å². The summed E-state index contributed by atoms with van der Waals surface area (Å²) >= 11 is 0. The molecule has 3 nitrogen and oxygen atoms in total. The Morgan fingerprint density at radius 1 is 1.00 bits per heavy atom. The lowest BCUT2D eigenvalue weighted by Crippen LogP contribution is -2.36. The quantitative estimate of drug-likeness (QED) is 0.860. The molecule has 100 valence electrons. The van der Waals surface area contributed by atoms with Crippen molar-refractivity contribution in [1.29, 1.82) is 0 Å². The van der Waals surface area contributed by atoms with E-state index in [2.05, 4.69) is 41.4 Å². The number of hydrogen-bond acceptors (Lipinski definition) is 3. The van der Waals surface area contributed by atoms with Crippen LogP contribution in [0.15, 0.2) is 59.6 Å². The first-order valence-electron chi connectivity index (χ1n) is 6.95. The molecule has 1 aliphatic carbocycles. The Hall–Kier alpha value is -1.97. The van der Waals surface area contributed by atoms with Crippen LogP contribution in [0.25, 0.3) is 0 Å². The molecule has 20 heavy (non-hydrogen) atoms. The highest BCUT2D eigenvalue weighted by Crippen LogP contribution is 2.43. The highest BCUT2D eigenvalue weighted by atomic mass is 16.5. The number of nitrogens with two attached hydrogens (primary N) is 1. The molecule has 2 aliphatic rings. The molecule has 0 saturated heterocycles. The minimum atomic E-state index is -0.572. The minimum absolute atomic E-state index is 0.0360. The van der Waals surface area contributed by atoms with E-state index in [4.69, 9.17) is 10.5 Å². The standard InChI is InChI=1S/C17H16N2O/c18-17-19-15(11-6-2-1-3-7-11)14-10-12-8-4-5-9-13(12)16(14)20-17/h1-9,14,16-17H,10,18H2. The van der Waals surface area contributed by atoms with E-state index >= 15 is 0 Å². The maximum Gasteiger partial charge on any atom is 0.202 e. The molecule has 0 amide bonds. The van der Waals surface area contributed by atoms with Crippen LogP contribution in [0.3, 0.4) is 0 Å². The molecule has 3 atom stereocenters. The Morgan fingerprint density at radius 3 is 2.60 bits per heavy atom. The van der Waals surface area contributed by atoms with Crippen molar-refractivity contribution >= 4 is 5.71 Å². The molecule has 2 N–H and O–H groups in total. The number of rotatable bonds is 1. The number of nitrogens with zero attached hydrogens (tertiary/aromatic N) is 1. The molecule has 1 aliphatic heterocycles. The second-order valence-electron chi connectivity index (χ2n) is 5.34. The first kappa shape index (κ1) is 11.8. The Balaban J connectivity index is 1.79. The van der Waals surface area contributed by atoms with E-state index in [1.165, 1.54) is 11.1 Å². The fourth-order valence-electron chi connectivity index (χ4n) is 3.28. The van der Waals surface area contributed by atoms with Crippen molar-refractivity contribution in [1.82, 2.24) is 0 Å². The van der Waals surface area contributed by atoms with E-state index in [0.29, 0.717) is 0 Å². The second-order valence-corrected chi connectivity index (χ2v) is 5.34. The van der Waals surface area contributed by atoms with Gasteiger partial charge in [-0.05, 0) is 23.1 Å². The molecular formula is C17H16N2O. The zero-order chi connectivity index (χ0) is 13.5. The van der Waals surface area contributed by atoms with Gasteiger partial charge in [0.25, 0.3) is 0 Å². The SMILES string of the molecule is NC1N=C(c2ccccc2)C2Cc3ccccc3C2O1. The highest BCUT2D eigenvalue weighted by Gasteiger charge is 2.40. The molecule has 0 fully saturated rings. The molecule has 0 aromatic heterocycles. The molecule has 3 heteroatoms. The smallest absolute Gasteiger partial charge is 0.202 e. The summed E-state index contributed by atoms with van der Waals surface area (Å²) in [5.41, 5.74) is 10.8. The highest BCUT2D eigenvalue weighted by molar-refractivity contribution is 6.03. The van der Waals surface area contributed by atoms with E-state index < -0.39 is 6.35 Å². The summed E-state index contributed by atoms with van der Waals surface area (Å²) in [5.74, 6) is 0.273. The first-order valence-corrected chi connectivity index (χ1v) is 6.95. The van der Waals surface area contributed by atoms with Gasteiger partial charge in [0.15, 0.2) is 0 Å². The van der Waals surface area contributed by atoms with Crippen molar-refractivity contribution in [3.8, 4) is 0 Å². The van der Waals surface area contributed by atoms with Crippen molar-refractivity contribution in [2.75, 3.05) is 0 Å². The maximum atomic E-state index is 5.97. The molecule has 0 bridgehead atoms. The van der Waals surface area contributed by atoms with Gasteiger partial charge in [-0.3, -0.25) is 5.73 Å². The van der Waals surface area contributed by atoms with Gasteiger partial charge >= 0.3 is 0 Å². The summed E-state index contributed by atoms with van der Waals surface area (Å²) in [6.07, 6.45) is 0.438. The lowest BCUT2D eigenvalue weighted by molar-refractivity contribution is -0.0280. The zero-order valence-corrected chi connectivity index (χ0v) is 11.1. The predicted octanol–water partition coefficient (Wildman–Crippen LogP) is 2.66. The Labute approximate surface area is 118 Å². The van der Waals surface area contributed by atoms with Crippen molar-refractivity contribution in [2.24, 2.45) is 16.6 Å². The van der Waals surface area contributed by atoms with Gasteiger partial charge in [-0.1, -0.05) is 54.6 Å². The minimum Gasteiger partial charge on any atom is -0.335 e. The van der Waals surface area contributed by atoms with Crippen LogP contribution < -0.4 is 5.73 Å². The third kappa shape index (κ3) is 1.79. The summed E-state index contributed by atoms with van der Waals surface area (Å²) in [6.45, 7) is 0. The molecule has 0 spiro atoms. The monoisotopic (exact) mass is 264 g/mol.